The van der Waals surface area contributed by atoms with E-state index in [1.807, 2.05) is 6.92 Å². The quantitative estimate of drug-likeness (QED) is 0.458. The van der Waals surface area contributed by atoms with E-state index in [1.54, 1.807) is 0 Å². The van der Waals surface area contributed by atoms with Crippen LogP contribution in [0.5, 0.6) is 11.5 Å². The predicted molar refractivity (Wildman–Crippen MR) is 110 cm³/mol. The van der Waals surface area contributed by atoms with Gasteiger partial charge in [0, 0.05) is 12.0 Å². The first-order chi connectivity index (χ1) is 13.2. The minimum Gasteiger partial charge on any atom is -0.508 e. The van der Waals surface area contributed by atoms with Crippen molar-refractivity contribution in [1.29, 1.82) is 0 Å². The molecule has 0 bridgehead atoms. The van der Waals surface area contributed by atoms with Crippen LogP contribution in [0.15, 0.2) is 29.4 Å². The fourth-order valence-corrected chi connectivity index (χ4v) is 3.55. The van der Waals surface area contributed by atoms with Gasteiger partial charge in [0.25, 0.3) is 0 Å². The second-order valence-corrected chi connectivity index (χ2v) is 8.10. The third-order valence-corrected chi connectivity index (χ3v) is 5.44. The number of ether oxygens (including phenoxy) is 1. The van der Waals surface area contributed by atoms with Crippen LogP contribution in [-0.2, 0) is 13.0 Å². The van der Waals surface area contributed by atoms with E-state index in [2.05, 4.69) is 32.9 Å². The first-order valence-corrected chi connectivity index (χ1v) is 9.81. The van der Waals surface area contributed by atoms with Gasteiger partial charge >= 0.3 is 0 Å². The van der Waals surface area contributed by atoms with Gasteiger partial charge in [-0.3, -0.25) is 4.79 Å². The van der Waals surface area contributed by atoms with E-state index < -0.39 is 11.7 Å². The van der Waals surface area contributed by atoms with Gasteiger partial charge < -0.3 is 20.1 Å². The molecule has 5 nitrogen and oxygen atoms in total. The van der Waals surface area contributed by atoms with Crippen LogP contribution in [0, 0.1) is 0 Å². The zero-order valence-electron chi connectivity index (χ0n) is 17.3. The van der Waals surface area contributed by atoms with Crippen molar-refractivity contribution >= 4 is 6.29 Å². The lowest BCUT2D eigenvalue weighted by atomic mass is 9.84. The minimum absolute atomic E-state index is 0.0687. The molecule has 0 spiro atoms. The first-order valence-electron chi connectivity index (χ1n) is 9.81. The Morgan fingerprint density at radius 3 is 2.61 bits per heavy atom. The van der Waals surface area contributed by atoms with Gasteiger partial charge in [-0.05, 0) is 65.0 Å². The number of hydrogen-bond donors (Lipinski definition) is 3. The van der Waals surface area contributed by atoms with E-state index in [-0.39, 0.29) is 30.1 Å². The Hall–Kier alpha value is -2.11. The lowest BCUT2D eigenvalue weighted by molar-refractivity contribution is -0.0596. The lowest BCUT2D eigenvalue weighted by Crippen LogP contribution is -2.49. The number of fused-ring (bicyclic) bond motifs is 1. The molecule has 0 aromatic heterocycles. The van der Waals surface area contributed by atoms with E-state index in [4.69, 9.17) is 4.74 Å². The number of carbonyl (C=O) groups excluding carboxylic acids is 1. The molecule has 1 aromatic rings. The summed E-state index contributed by atoms with van der Waals surface area (Å²) in [5.74, 6) is 0.205. The number of aromatic hydroxyl groups is 1. The molecule has 0 radical (unpaired) electrons. The van der Waals surface area contributed by atoms with Crippen molar-refractivity contribution in [2.45, 2.75) is 78.1 Å². The number of carbonyl (C=O) groups is 1. The predicted octanol–water partition coefficient (Wildman–Crippen LogP) is 4.22. The van der Waals surface area contributed by atoms with Crippen LogP contribution >= 0.6 is 0 Å². The highest BCUT2D eigenvalue weighted by molar-refractivity contribution is 5.84. The van der Waals surface area contributed by atoms with Gasteiger partial charge in [0.15, 0.2) is 6.29 Å². The van der Waals surface area contributed by atoms with Gasteiger partial charge in [-0.25, -0.2) is 0 Å². The molecule has 0 fully saturated rings. The molecule has 2 atom stereocenters. The zero-order chi connectivity index (χ0) is 20.9. The Balaban J connectivity index is 2.16. The molecule has 1 aliphatic rings. The van der Waals surface area contributed by atoms with Crippen molar-refractivity contribution in [3.05, 3.63) is 46.1 Å². The van der Waals surface area contributed by atoms with Gasteiger partial charge in [0.2, 0.25) is 0 Å². The Morgan fingerprint density at radius 1 is 1.29 bits per heavy atom. The molecular weight excluding hydrogens is 356 g/mol. The fraction of sp³-hybridized carbons (Fsp3) is 0.522. The molecule has 1 aromatic carbocycles. The maximum atomic E-state index is 11.6. The third-order valence-electron chi connectivity index (χ3n) is 5.44. The summed E-state index contributed by atoms with van der Waals surface area (Å²) in [6.45, 7) is 7.74. The highest BCUT2D eigenvalue weighted by atomic mass is 16.5. The Labute approximate surface area is 167 Å². The summed E-state index contributed by atoms with van der Waals surface area (Å²) < 4.78 is 6.08. The monoisotopic (exact) mass is 388 g/mol. The van der Waals surface area contributed by atoms with Gasteiger partial charge in [0.05, 0.1) is 18.3 Å². The largest absolute Gasteiger partial charge is 0.508 e. The summed E-state index contributed by atoms with van der Waals surface area (Å²) in [4.78, 5) is 11.6. The Bertz CT molecular complexity index is 774. The van der Waals surface area contributed by atoms with Crippen LogP contribution in [0.25, 0.3) is 0 Å². The summed E-state index contributed by atoms with van der Waals surface area (Å²) in [7, 11) is 0. The number of phenols is 1. The van der Waals surface area contributed by atoms with Crippen molar-refractivity contribution in [2.24, 2.45) is 0 Å². The molecule has 2 rings (SSSR count). The first kappa shape index (κ1) is 22.2. The van der Waals surface area contributed by atoms with Gasteiger partial charge in [-0.15, -0.1) is 0 Å². The van der Waals surface area contributed by atoms with Gasteiger partial charge in [-0.2, -0.15) is 0 Å². The Kier molecular flexibility index (Phi) is 7.44. The molecule has 2 unspecified atom stereocenters. The van der Waals surface area contributed by atoms with Crippen LogP contribution < -0.4 is 4.74 Å². The van der Waals surface area contributed by atoms with Crippen molar-refractivity contribution in [3.8, 4) is 11.5 Å². The molecule has 0 saturated carbocycles. The second kappa shape index (κ2) is 9.39. The van der Waals surface area contributed by atoms with Crippen LogP contribution in [-0.4, -0.2) is 33.3 Å². The zero-order valence-corrected chi connectivity index (χ0v) is 17.3. The average molecular weight is 389 g/mol. The normalized spacial score (nSPS) is 21.6. The second-order valence-electron chi connectivity index (χ2n) is 8.10. The van der Waals surface area contributed by atoms with Crippen LogP contribution in [0.3, 0.4) is 0 Å². The van der Waals surface area contributed by atoms with E-state index in [0.29, 0.717) is 23.8 Å². The van der Waals surface area contributed by atoms with E-state index in [9.17, 15) is 20.1 Å². The topological polar surface area (TPSA) is 87.0 Å². The van der Waals surface area contributed by atoms with Crippen molar-refractivity contribution in [2.75, 3.05) is 0 Å². The molecule has 3 N–H and O–H groups in total. The Morgan fingerprint density at radius 2 is 2.00 bits per heavy atom. The fourth-order valence-electron chi connectivity index (χ4n) is 3.55. The smallest absolute Gasteiger partial charge is 0.154 e. The van der Waals surface area contributed by atoms with Crippen molar-refractivity contribution in [3.63, 3.8) is 0 Å². The minimum atomic E-state index is -0.873. The van der Waals surface area contributed by atoms with Crippen LogP contribution in [0.1, 0.15) is 74.9 Å². The number of aldehydes is 1. The third kappa shape index (κ3) is 5.03. The maximum absolute atomic E-state index is 11.6. The number of benzene rings is 1. The molecular formula is C23H32O5. The number of aliphatic hydroxyl groups excluding tert-OH is 2. The molecule has 1 heterocycles. The lowest BCUT2D eigenvalue weighted by Gasteiger charge is -2.40. The van der Waals surface area contributed by atoms with Crippen LogP contribution in [0.2, 0.25) is 0 Å². The highest BCUT2D eigenvalue weighted by Gasteiger charge is 2.41. The van der Waals surface area contributed by atoms with Gasteiger partial charge in [0.1, 0.15) is 17.1 Å². The molecule has 0 aliphatic carbocycles. The molecule has 0 amide bonds. The highest BCUT2D eigenvalue weighted by Crippen LogP contribution is 2.43. The molecule has 0 saturated heterocycles. The number of rotatable bonds is 8. The summed E-state index contributed by atoms with van der Waals surface area (Å²) in [6, 6.07) is 1.36. The molecule has 154 valence electrons. The SMILES string of the molecule is CC(C)=CCC/C(C)=C/CCC1(C)Oc2c(C=O)c(CO)cc(O)c2CC1O. The standard InChI is InChI=1S/C23H32O5/c1-15(2)7-5-8-16(3)9-6-10-23(4)21(27)12-18-20(26)11-17(13-24)19(14-25)22(18)28-23/h7,9,11,14,21,24,26-27H,5-6,8,10,12-13H2,1-4H3/b16-9+. The summed E-state index contributed by atoms with van der Waals surface area (Å²) >= 11 is 0. The van der Waals surface area contributed by atoms with E-state index in [0.717, 1.165) is 19.3 Å². The number of aliphatic hydroxyl groups is 2. The number of hydrogen-bond acceptors (Lipinski definition) is 5. The maximum Gasteiger partial charge on any atom is 0.154 e. The molecule has 5 heteroatoms. The van der Waals surface area contributed by atoms with Crippen molar-refractivity contribution < 1.29 is 24.9 Å². The summed E-state index contributed by atoms with van der Waals surface area (Å²) in [5.41, 5.74) is 2.71. The summed E-state index contributed by atoms with van der Waals surface area (Å²) in [6.07, 6.45) is 7.75. The van der Waals surface area contributed by atoms with Crippen LogP contribution in [0.4, 0.5) is 0 Å². The molecule has 1 aliphatic heterocycles. The van der Waals surface area contributed by atoms with Gasteiger partial charge in [-0.1, -0.05) is 23.3 Å². The van der Waals surface area contributed by atoms with Crippen molar-refractivity contribution in [1.82, 2.24) is 0 Å². The molecule has 28 heavy (non-hydrogen) atoms. The summed E-state index contributed by atoms with van der Waals surface area (Å²) in [5, 5.41) is 30.3. The van der Waals surface area contributed by atoms with E-state index in [1.165, 1.54) is 17.2 Å². The number of phenolic OH excluding ortho intramolecular Hbond substituents is 1. The van der Waals surface area contributed by atoms with E-state index >= 15 is 0 Å². The number of allylic oxidation sites excluding steroid dienone is 4. The average Bonchev–Trinajstić information content (AvgIpc) is 2.63.